The maximum absolute atomic E-state index is 13.1. The molecule has 0 bridgehead atoms. The summed E-state index contributed by atoms with van der Waals surface area (Å²) in [6.45, 7) is 1.05. The maximum atomic E-state index is 13.1. The lowest BCUT2D eigenvalue weighted by Gasteiger charge is -2.46. The van der Waals surface area contributed by atoms with E-state index in [2.05, 4.69) is 5.32 Å². The van der Waals surface area contributed by atoms with E-state index in [-0.39, 0.29) is 0 Å². The minimum atomic E-state index is -1.27. The Morgan fingerprint density at radius 2 is 1.85 bits per heavy atom. The highest BCUT2D eigenvalue weighted by Gasteiger charge is 2.58. The summed E-state index contributed by atoms with van der Waals surface area (Å²) in [4.78, 5) is 26.0. The number of carbonyl (C=O) groups excluding carboxylic acids is 1. The number of benzene rings is 2. The molecule has 4 rings (SSSR count). The van der Waals surface area contributed by atoms with Crippen molar-refractivity contribution in [3.8, 4) is 0 Å². The predicted molar refractivity (Wildman–Crippen MR) is 97.4 cm³/mol. The van der Waals surface area contributed by atoms with Crippen molar-refractivity contribution >= 4 is 17.5 Å². The van der Waals surface area contributed by atoms with Crippen molar-refractivity contribution in [3.05, 3.63) is 80.9 Å². The number of halogens is 1. The van der Waals surface area contributed by atoms with Crippen LogP contribution in [-0.2, 0) is 10.5 Å². The van der Waals surface area contributed by atoms with Gasteiger partial charge in [-0.1, -0.05) is 54.1 Å². The van der Waals surface area contributed by atoms with Gasteiger partial charge >= 0.3 is 0 Å². The lowest BCUT2D eigenvalue weighted by atomic mass is 9.76. The SMILES string of the molecule is O=C1[C@H]([N+](=O)[O-])[C@@H](c2ccccc2)C[C@@]2(c3ccc(Cl)cc3)NCCN12. The standard InChI is InChI=1S/C19H18ClN3O3/c20-15-8-6-14(7-9-15)19-12-16(13-4-2-1-3-5-13)17(23(25)26)18(24)22(19)11-10-21-19/h1-9,16-17,21H,10-12H2/t16-,17-,19-/m1/s1. The zero-order chi connectivity index (χ0) is 18.3. The molecule has 0 saturated carbocycles. The minimum absolute atomic E-state index is 0.435. The number of piperidine rings is 1. The van der Waals surface area contributed by atoms with Crippen molar-refractivity contribution in [2.24, 2.45) is 0 Å². The van der Waals surface area contributed by atoms with Gasteiger partial charge in [-0.2, -0.15) is 0 Å². The van der Waals surface area contributed by atoms with Crippen molar-refractivity contribution in [2.75, 3.05) is 13.1 Å². The molecule has 1 amide bonds. The highest BCUT2D eigenvalue weighted by Crippen LogP contribution is 2.45. The van der Waals surface area contributed by atoms with E-state index in [1.807, 2.05) is 42.5 Å². The van der Waals surface area contributed by atoms with Gasteiger partial charge < -0.3 is 4.90 Å². The summed E-state index contributed by atoms with van der Waals surface area (Å²) < 4.78 is 0. The molecule has 2 saturated heterocycles. The Kier molecular flexibility index (Phi) is 4.17. The van der Waals surface area contributed by atoms with Crippen LogP contribution in [0.5, 0.6) is 0 Å². The van der Waals surface area contributed by atoms with Crippen LogP contribution < -0.4 is 5.32 Å². The molecule has 2 fully saturated rings. The van der Waals surface area contributed by atoms with Gasteiger partial charge in [0, 0.05) is 29.5 Å². The van der Waals surface area contributed by atoms with Crippen LogP contribution in [0.1, 0.15) is 23.5 Å². The number of hydrogen-bond acceptors (Lipinski definition) is 4. The average molecular weight is 372 g/mol. The Labute approximate surface area is 155 Å². The molecule has 2 aliphatic heterocycles. The molecule has 7 heteroatoms. The minimum Gasteiger partial charge on any atom is -0.313 e. The first-order valence-corrected chi connectivity index (χ1v) is 8.92. The monoisotopic (exact) mass is 371 g/mol. The van der Waals surface area contributed by atoms with Crippen LogP contribution in [-0.4, -0.2) is 34.9 Å². The van der Waals surface area contributed by atoms with Crippen LogP contribution >= 0.6 is 11.6 Å². The Morgan fingerprint density at radius 1 is 1.15 bits per heavy atom. The van der Waals surface area contributed by atoms with Gasteiger partial charge in [-0.25, -0.2) is 0 Å². The van der Waals surface area contributed by atoms with Gasteiger partial charge in [-0.15, -0.1) is 0 Å². The van der Waals surface area contributed by atoms with Crippen LogP contribution in [0, 0.1) is 10.1 Å². The van der Waals surface area contributed by atoms with Crippen molar-refractivity contribution in [3.63, 3.8) is 0 Å². The molecule has 2 aromatic carbocycles. The summed E-state index contributed by atoms with van der Waals surface area (Å²) in [6.07, 6.45) is 0.441. The molecule has 2 aromatic rings. The summed E-state index contributed by atoms with van der Waals surface area (Å²) in [5, 5.41) is 15.8. The Hall–Kier alpha value is -2.44. The second-order valence-electron chi connectivity index (χ2n) is 6.74. The first kappa shape index (κ1) is 17.0. The van der Waals surface area contributed by atoms with E-state index in [1.54, 1.807) is 17.0 Å². The number of nitrogens with zero attached hydrogens (tertiary/aromatic N) is 2. The maximum Gasteiger partial charge on any atom is 0.299 e. The molecule has 134 valence electrons. The second-order valence-corrected chi connectivity index (χ2v) is 7.17. The third kappa shape index (κ3) is 2.57. The fourth-order valence-corrected chi connectivity index (χ4v) is 4.37. The molecule has 0 spiro atoms. The van der Waals surface area contributed by atoms with Gasteiger partial charge in [-0.3, -0.25) is 20.2 Å². The highest BCUT2D eigenvalue weighted by molar-refractivity contribution is 6.30. The van der Waals surface area contributed by atoms with Gasteiger partial charge in [0.25, 0.3) is 11.9 Å². The molecule has 26 heavy (non-hydrogen) atoms. The van der Waals surface area contributed by atoms with E-state index in [0.717, 1.165) is 11.1 Å². The molecule has 2 aliphatic rings. The van der Waals surface area contributed by atoms with Crippen molar-refractivity contribution in [1.82, 2.24) is 10.2 Å². The summed E-state index contributed by atoms with van der Waals surface area (Å²) in [6, 6.07) is 15.3. The first-order chi connectivity index (χ1) is 12.5. The molecule has 0 radical (unpaired) electrons. The van der Waals surface area contributed by atoms with Crippen molar-refractivity contribution < 1.29 is 9.72 Å². The van der Waals surface area contributed by atoms with Crippen molar-refractivity contribution in [1.29, 1.82) is 0 Å². The van der Waals surface area contributed by atoms with Crippen LogP contribution in [0.25, 0.3) is 0 Å². The fraction of sp³-hybridized carbons (Fsp3) is 0.316. The zero-order valence-electron chi connectivity index (χ0n) is 14.0. The number of nitro groups is 1. The molecule has 1 N–H and O–H groups in total. The van der Waals surface area contributed by atoms with Gasteiger partial charge in [0.2, 0.25) is 0 Å². The topological polar surface area (TPSA) is 75.5 Å². The number of amides is 1. The quantitative estimate of drug-likeness (QED) is 0.665. The third-order valence-corrected chi connectivity index (χ3v) is 5.66. The number of nitrogens with one attached hydrogen (secondary N) is 1. The Balaban J connectivity index is 1.83. The Morgan fingerprint density at radius 3 is 2.50 bits per heavy atom. The van der Waals surface area contributed by atoms with Gasteiger partial charge in [0.1, 0.15) is 5.66 Å². The molecular weight excluding hydrogens is 354 g/mol. The third-order valence-electron chi connectivity index (χ3n) is 5.41. The second kappa shape index (κ2) is 6.37. The van der Waals surface area contributed by atoms with Gasteiger partial charge in [0.05, 0.1) is 5.92 Å². The van der Waals surface area contributed by atoms with E-state index in [4.69, 9.17) is 11.6 Å². The predicted octanol–water partition coefficient (Wildman–Crippen LogP) is 2.76. The first-order valence-electron chi connectivity index (χ1n) is 8.54. The number of carbonyl (C=O) groups is 1. The molecule has 6 nitrogen and oxygen atoms in total. The van der Waals surface area contributed by atoms with E-state index < -0.39 is 28.5 Å². The van der Waals surface area contributed by atoms with E-state index in [0.29, 0.717) is 24.5 Å². The van der Waals surface area contributed by atoms with Gasteiger partial charge in [0.15, 0.2) is 0 Å². The van der Waals surface area contributed by atoms with E-state index >= 15 is 0 Å². The average Bonchev–Trinajstić information content (AvgIpc) is 3.08. The number of fused-ring (bicyclic) bond motifs is 1. The lowest BCUT2D eigenvalue weighted by molar-refractivity contribution is -0.516. The molecule has 0 aliphatic carbocycles. The van der Waals surface area contributed by atoms with Crippen LogP contribution in [0.4, 0.5) is 0 Å². The summed E-state index contributed by atoms with van der Waals surface area (Å²) >= 11 is 6.02. The number of hydrogen-bond donors (Lipinski definition) is 1. The number of rotatable bonds is 3. The lowest BCUT2D eigenvalue weighted by Crippen LogP contribution is -2.62. The van der Waals surface area contributed by atoms with Crippen molar-refractivity contribution in [2.45, 2.75) is 24.0 Å². The van der Waals surface area contributed by atoms with E-state index in [9.17, 15) is 14.9 Å². The largest absolute Gasteiger partial charge is 0.313 e. The van der Waals surface area contributed by atoms with Gasteiger partial charge in [-0.05, 0) is 23.3 Å². The smallest absolute Gasteiger partial charge is 0.299 e. The summed E-state index contributed by atoms with van der Waals surface area (Å²) in [7, 11) is 0. The highest BCUT2D eigenvalue weighted by atomic mass is 35.5. The van der Waals surface area contributed by atoms with Crippen LogP contribution in [0.3, 0.4) is 0 Å². The molecule has 0 aromatic heterocycles. The molecule has 0 unspecified atom stereocenters. The van der Waals surface area contributed by atoms with E-state index in [1.165, 1.54) is 0 Å². The molecular formula is C19H18ClN3O3. The van der Waals surface area contributed by atoms with Crippen LogP contribution in [0.2, 0.25) is 5.02 Å². The van der Waals surface area contributed by atoms with Crippen LogP contribution in [0.15, 0.2) is 54.6 Å². The Bertz CT molecular complexity index is 843. The molecule has 3 atom stereocenters. The summed E-state index contributed by atoms with van der Waals surface area (Å²) in [5.74, 6) is -0.939. The zero-order valence-corrected chi connectivity index (χ0v) is 14.7. The molecule has 2 heterocycles. The summed E-state index contributed by atoms with van der Waals surface area (Å²) in [5.41, 5.74) is 0.967. The normalized spacial score (nSPS) is 28.0. The fourth-order valence-electron chi connectivity index (χ4n) is 4.24.